The zero-order valence-corrected chi connectivity index (χ0v) is 13.5. The zero-order valence-electron chi connectivity index (χ0n) is 13.5. The average Bonchev–Trinajstić information content (AvgIpc) is 3.04. The maximum absolute atomic E-state index is 12.5. The van der Waals surface area contributed by atoms with Gasteiger partial charge in [-0.2, -0.15) is 18.2 Å². The van der Waals surface area contributed by atoms with E-state index in [0.717, 1.165) is 0 Å². The number of halogens is 3. The number of aryl methyl sites for hydroxylation is 1. The molecular formula is C15H16F3N3O4. The van der Waals surface area contributed by atoms with Gasteiger partial charge in [0, 0.05) is 25.8 Å². The first kappa shape index (κ1) is 18.7. The van der Waals surface area contributed by atoms with Crippen LogP contribution in [0.2, 0.25) is 0 Å². The van der Waals surface area contributed by atoms with Gasteiger partial charge in [0.25, 0.3) is 0 Å². The third kappa shape index (κ3) is 4.69. The van der Waals surface area contributed by atoms with Crippen molar-refractivity contribution in [3.8, 4) is 17.1 Å². The van der Waals surface area contributed by atoms with E-state index in [1.807, 2.05) is 0 Å². The highest BCUT2D eigenvalue weighted by atomic mass is 19.4. The highest BCUT2D eigenvalue weighted by molar-refractivity contribution is 5.71. The van der Waals surface area contributed by atoms with Gasteiger partial charge in [-0.3, -0.25) is 0 Å². The van der Waals surface area contributed by atoms with Gasteiger partial charge in [0.15, 0.2) is 0 Å². The zero-order chi connectivity index (χ0) is 18.6. The number of carbonyl (C=O) groups is 1. The predicted octanol–water partition coefficient (Wildman–Crippen LogP) is 2.88. The maximum Gasteiger partial charge on any atom is 0.471 e. The number of amides is 1. The fourth-order valence-electron chi connectivity index (χ4n) is 1.93. The first-order valence-electron chi connectivity index (χ1n) is 7.28. The van der Waals surface area contributed by atoms with Gasteiger partial charge in [0.1, 0.15) is 5.75 Å². The summed E-state index contributed by atoms with van der Waals surface area (Å²) in [4.78, 5) is 16.5. The molecule has 0 aliphatic carbocycles. The van der Waals surface area contributed by atoms with Gasteiger partial charge in [-0.15, -0.1) is 0 Å². The molecule has 0 radical (unpaired) electrons. The van der Waals surface area contributed by atoms with Gasteiger partial charge < -0.3 is 19.3 Å². The Morgan fingerprint density at radius 3 is 2.68 bits per heavy atom. The molecule has 2 aromatic rings. The van der Waals surface area contributed by atoms with Crippen LogP contribution in [0.4, 0.5) is 18.0 Å². The minimum Gasteiger partial charge on any atom is -0.410 e. The lowest BCUT2D eigenvalue weighted by atomic mass is 10.1. The van der Waals surface area contributed by atoms with Crippen LogP contribution in [0.1, 0.15) is 17.9 Å². The monoisotopic (exact) mass is 359 g/mol. The van der Waals surface area contributed by atoms with Crippen molar-refractivity contribution in [2.45, 2.75) is 19.5 Å². The standard InChI is InChI=1S/C15H16F3N3O4/c1-9-8-10(12-19-13(25-20-12)15(16,17)18)4-5-11(9)24-14(23)21(2)6-3-7-22/h4-5,8,22H,3,6-7H2,1-2H3. The molecule has 0 aliphatic rings. The Morgan fingerprint density at radius 1 is 1.40 bits per heavy atom. The van der Waals surface area contributed by atoms with E-state index in [9.17, 15) is 18.0 Å². The Bertz CT molecular complexity index is 746. The molecule has 1 aromatic carbocycles. The molecule has 0 saturated heterocycles. The van der Waals surface area contributed by atoms with Crippen LogP contribution in [0.5, 0.6) is 5.75 Å². The Labute approximate surface area is 141 Å². The van der Waals surface area contributed by atoms with Gasteiger partial charge >= 0.3 is 18.2 Å². The van der Waals surface area contributed by atoms with Crippen LogP contribution < -0.4 is 4.74 Å². The van der Waals surface area contributed by atoms with Gasteiger partial charge in [-0.1, -0.05) is 5.16 Å². The number of aromatic nitrogens is 2. The number of benzene rings is 1. The fourth-order valence-corrected chi connectivity index (χ4v) is 1.93. The van der Waals surface area contributed by atoms with Crippen molar-refractivity contribution < 1.29 is 32.3 Å². The lowest BCUT2D eigenvalue weighted by Gasteiger charge is -2.17. The second kappa shape index (κ2) is 7.51. The van der Waals surface area contributed by atoms with Gasteiger partial charge in [0.05, 0.1) is 0 Å². The summed E-state index contributed by atoms with van der Waals surface area (Å²) in [6.45, 7) is 1.91. The van der Waals surface area contributed by atoms with Gasteiger partial charge in [-0.25, -0.2) is 4.79 Å². The lowest BCUT2D eigenvalue weighted by Crippen LogP contribution is -2.31. The molecule has 7 nitrogen and oxygen atoms in total. The Morgan fingerprint density at radius 2 is 2.12 bits per heavy atom. The summed E-state index contributed by atoms with van der Waals surface area (Å²) in [7, 11) is 1.53. The highest BCUT2D eigenvalue weighted by Gasteiger charge is 2.38. The van der Waals surface area contributed by atoms with Crippen molar-refractivity contribution in [1.29, 1.82) is 0 Å². The largest absolute Gasteiger partial charge is 0.471 e. The molecule has 1 aromatic heterocycles. The summed E-state index contributed by atoms with van der Waals surface area (Å²) < 4.78 is 46.9. The van der Waals surface area contributed by atoms with Gasteiger partial charge in [0.2, 0.25) is 5.82 Å². The molecular weight excluding hydrogens is 343 g/mol. The summed E-state index contributed by atoms with van der Waals surface area (Å²) in [6.07, 6.45) is -4.90. The second-order valence-electron chi connectivity index (χ2n) is 5.27. The Balaban J connectivity index is 2.13. The van der Waals surface area contributed by atoms with Crippen LogP contribution in [0.3, 0.4) is 0 Å². The number of carbonyl (C=O) groups excluding carboxylic acids is 1. The van der Waals surface area contributed by atoms with Gasteiger partial charge in [-0.05, 0) is 37.1 Å². The van der Waals surface area contributed by atoms with Crippen molar-refractivity contribution in [1.82, 2.24) is 15.0 Å². The van der Waals surface area contributed by atoms with E-state index in [4.69, 9.17) is 9.84 Å². The molecule has 10 heteroatoms. The number of ether oxygens (including phenoxy) is 1. The first-order chi connectivity index (χ1) is 11.7. The summed E-state index contributed by atoms with van der Waals surface area (Å²) in [5, 5.41) is 12.1. The van der Waals surface area contributed by atoms with E-state index in [1.54, 1.807) is 6.92 Å². The van der Waals surface area contributed by atoms with Crippen LogP contribution in [0.25, 0.3) is 11.4 Å². The molecule has 0 spiro atoms. The van der Waals surface area contributed by atoms with E-state index in [1.165, 1.54) is 30.1 Å². The molecule has 1 N–H and O–H groups in total. The predicted molar refractivity (Wildman–Crippen MR) is 79.8 cm³/mol. The van der Waals surface area contributed by atoms with Crippen molar-refractivity contribution in [2.24, 2.45) is 0 Å². The fraction of sp³-hybridized carbons (Fsp3) is 0.400. The minimum atomic E-state index is -4.71. The molecule has 25 heavy (non-hydrogen) atoms. The number of hydrogen-bond donors (Lipinski definition) is 1. The van der Waals surface area contributed by atoms with Crippen LogP contribution in [-0.2, 0) is 6.18 Å². The summed E-state index contributed by atoms with van der Waals surface area (Å²) in [5.74, 6) is -1.39. The number of rotatable bonds is 5. The molecule has 0 aliphatic heterocycles. The maximum atomic E-state index is 12.5. The molecule has 1 amide bonds. The van der Waals surface area contributed by atoms with E-state index in [-0.39, 0.29) is 18.2 Å². The molecule has 0 bridgehead atoms. The van der Waals surface area contributed by atoms with Crippen molar-refractivity contribution in [3.63, 3.8) is 0 Å². The summed E-state index contributed by atoms with van der Waals surface area (Å²) in [5.41, 5.74) is 0.810. The van der Waals surface area contributed by atoms with Crippen molar-refractivity contribution in [3.05, 3.63) is 29.7 Å². The number of aliphatic hydroxyl groups is 1. The molecule has 1 heterocycles. The number of nitrogens with zero attached hydrogens (tertiary/aromatic N) is 3. The second-order valence-corrected chi connectivity index (χ2v) is 5.27. The molecule has 136 valence electrons. The molecule has 2 rings (SSSR count). The Kier molecular flexibility index (Phi) is 5.62. The molecule has 0 atom stereocenters. The van der Waals surface area contributed by atoms with E-state index >= 15 is 0 Å². The smallest absolute Gasteiger partial charge is 0.410 e. The third-order valence-corrected chi connectivity index (χ3v) is 3.26. The number of alkyl halides is 3. The number of hydrogen-bond acceptors (Lipinski definition) is 6. The summed E-state index contributed by atoms with van der Waals surface area (Å²) in [6, 6.07) is 4.35. The minimum absolute atomic E-state index is 0.0457. The van der Waals surface area contributed by atoms with Crippen LogP contribution in [0.15, 0.2) is 22.7 Å². The van der Waals surface area contributed by atoms with Crippen molar-refractivity contribution >= 4 is 6.09 Å². The highest BCUT2D eigenvalue weighted by Crippen LogP contribution is 2.30. The average molecular weight is 359 g/mol. The van der Waals surface area contributed by atoms with E-state index in [2.05, 4.69) is 14.7 Å². The van der Waals surface area contributed by atoms with Crippen LogP contribution in [-0.4, -0.2) is 46.4 Å². The quantitative estimate of drug-likeness (QED) is 0.883. The van der Waals surface area contributed by atoms with E-state index in [0.29, 0.717) is 24.1 Å². The van der Waals surface area contributed by atoms with Crippen LogP contribution in [0, 0.1) is 6.92 Å². The first-order valence-corrected chi connectivity index (χ1v) is 7.28. The molecule has 0 unspecified atom stereocenters. The molecule has 0 fully saturated rings. The third-order valence-electron chi connectivity index (χ3n) is 3.26. The van der Waals surface area contributed by atoms with Crippen LogP contribution >= 0.6 is 0 Å². The number of aliphatic hydroxyl groups excluding tert-OH is 1. The Hall–Kier alpha value is -2.62. The topological polar surface area (TPSA) is 88.7 Å². The normalized spacial score (nSPS) is 11.4. The van der Waals surface area contributed by atoms with Crippen molar-refractivity contribution in [2.75, 3.05) is 20.2 Å². The van der Waals surface area contributed by atoms with E-state index < -0.39 is 18.2 Å². The lowest BCUT2D eigenvalue weighted by molar-refractivity contribution is -0.159. The molecule has 0 saturated carbocycles. The SMILES string of the molecule is Cc1cc(-c2noc(C(F)(F)F)n2)ccc1OC(=O)N(C)CCCO. The summed E-state index contributed by atoms with van der Waals surface area (Å²) >= 11 is 0.